The molecular formula is C14H17IO4. The Morgan fingerprint density at radius 2 is 2.00 bits per heavy atom. The lowest BCUT2D eigenvalue weighted by atomic mass is 9.89. The molecule has 1 aromatic carbocycles. The van der Waals surface area contributed by atoms with Crippen LogP contribution in [-0.4, -0.2) is 24.8 Å². The number of rotatable bonds is 5. The first-order chi connectivity index (χ1) is 8.97. The molecule has 0 aromatic heterocycles. The van der Waals surface area contributed by atoms with Crippen LogP contribution in [0.2, 0.25) is 0 Å². The first-order valence-corrected chi connectivity index (χ1v) is 7.06. The summed E-state index contributed by atoms with van der Waals surface area (Å²) in [5, 5.41) is 10.6. The van der Waals surface area contributed by atoms with Gasteiger partial charge in [-0.15, -0.1) is 0 Å². The number of methoxy groups -OCH3 is 1. The first kappa shape index (κ1) is 16.0. The molecule has 0 fully saturated rings. The Hall–Kier alpha value is -1.08. The number of carbonyl (C=O) groups excluding carboxylic acids is 1. The normalized spacial score (nSPS) is 14.7. The molecule has 0 radical (unpaired) electrons. The van der Waals surface area contributed by atoms with E-state index in [1.807, 2.05) is 22.6 Å². The van der Waals surface area contributed by atoms with Crippen molar-refractivity contribution in [1.29, 1.82) is 0 Å². The molecule has 19 heavy (non-hydrogen) atoms. The lowest BCUT2D eigenvalue weighted by Crippen LogP contribution is -2.29. The Morgan fingerprint density at radius 3 is 2.42 bits per heavy atom. The Bertz CT molecular complexity index is 463. The number of benzene rings is 1. The zero-order chi connectivity index (χ0) is 14.5. The second kappa shape index (κ2) is 6.91. The van der Waals surface area contributed by atoms with Crippen molar-refractivity contribution >= 4 is 28.6 Å². The summed E-state index contributed by atoms with van der Waals surface area (Å²) in [4.78, 5) is 11.8. The zero-order valence-electron chi connectivity index (χ0n) is 11.1. The molecule has 4 nitrogen and oxygen atoms in total. The van der Waals surface area contributed by atoms with Crippen molar-refractivity contribution in [3.63, 3.8) is 0 Å². The van der Waals surface area contributed by atoms with Crippen molar-refractivity contribution in [1.82, 2.24) is 0 Å². The van der Waals surface area contributed by atoms with Crippen molar-refractivity contribution < 1.29 is 19.4 Å². The second-order valence-electron chi connectivity index (χ2n) is 4.04. The van der Waals surface area contributed by atoms with Crippen molar-refractivity contribution in [3.05, 3.63) is 39.5 Å². The SMILES string of the molecule is CCOC(=O)/C(=C\I)C(C)(O)c1ccc(OC)cc1. The standard InChI is InChI=1S/C14H17IO4/c1-4-19-13(16)12(9-15)14(2,17)10-5-7-11(18-3)8-6-10/h5-9,17H,4H2,1-3H3/b12-9+. The van der Waals surface area contributed by atoms with E-state index in [0.29, 0.717) is 11.3 Å². The monoisotopic (exact) mass is 376 g/mol. The van der Waals surface area contributed by atoms with Gasteiger partial charge in [-0.1, -0.05) is 34.7 Å². The lowest BCUT2D eigenvalue weighted by molar-refractivity contribution is -0.141. The largest absolute Gasteiger partial charge is 0.497 e. The zero-order valence-corrected chi connectivity index (χ0v) is 13.3. The highest BCUT2D eigenvalue weighted by Crippen LogP contribution is 2.31. The highest BCUT2D eigenvalue weighted by molar-refractivity contribution is 14.1. The third kappa shape index (κ3) is 3.70. The first-order valence-electron chi connectivity index (χ1n) is 5.82. The molecule has 0 aliphatic rings. The molecule has 1 rings (SSSR count). The van der Waals surface area contributed by atoms with Crippen molar-refractivity contribution in [3.8, 4) is 5.75 Å². The van der Waals surface area contributed by atoms with E-state index in [1.54, 1.807) is 49.3 Å². The van der Waals surface area contributed by atoms with Gasteiger partial charge in [-0.3, -0.25) is 0 Å². The van der Waals surface area contributed by atoms with E-state index >= 15 is 0 Å². The minimum Gasteiger partial charge on any atom is -0.497 e. The van der Waals surface area contributed by atoms with Gasteiger partial charge in [0, 0.05) is 0 Å². The summed E-state index contributed by atoms with van der Waals surface area (Å²) < 4.78 is 11.6. The number of halogens is 1. The molecule has 1 N–H and O–H groups in total. The molecule has 0 spiro atoms. The molecule has 1 unspecified atom stereocenters. The number of aliphatic hydroxyl groups is 1. The molecule has 0 amide bonds. The van der Waals surface area contributed by atoms with Gasteiger partial charge < -0.3 is 14.6 Å². The quantitative estimate of drug-likeness (QED) is 0.488. The average Bonchev–Trinajstić information content (AvgIpc) is 2.39. The number of hydrogen-bond acceptors (Lipinski definition) is 4. The summed E-state index contributed by atoms with van der Waals surface area (Å²) in [7, 11) is 1.57. The van der Waals surface area contributed by atoms with Gasteiger partial charge in [0.1, 0.15) is 11.4 Å². The molecule has 0 aliphatic heterocycles. The van der Waals surface area contributed by atoms with Gasteiger partial charge in [-0.25, -0.2) is 4.79 Å². The number of esters is 1. The van der Waals surface area contributed by atoms with E-state index in [9.17, 15) is 9.90 Å². The summed E-state index contributed by atoms with van der Waals surface area (Å²) in [6, 6.07) is 6.91. The van der Waals surface area contributed by atoms with Crippen LogP contribution >= 0.6 is 22.6 Å². The maximum Gasteiger partial charge on any atom is 0.337 e. The molecule has 1 atom stereocenters. The van der Waals surface area contributed by atoms with Crippen LogP contribution in [0.15, 0.2) is 33.9 Å². The Labute approximate surface area is 126 Å². The smallest absolute Gasteiger partial charge is 0.337 e. The third-order valence-corrected chi connectivity index (χ3v) is 3.40. The topological polar surface area (TPSA) is 55.8 Å². The summed E-state index contributed by atoms with van der Waals surface area (Å²) in [5.74, 6) is 0.174. The molecule has 5 heteroatoms. The number of carbonyl (C=O) groups is 1. The fourth-order valence-electron chi connectivity index (χ4n) is 1.63. The van der Waals surface area contributed by atoms with Gasteiger partial charge in [-0.2, -0.15) is 0 Å². The van der Waals surface area contributed by atoms with Gasteiger partial charge in [0.15, 0.2) is 0 Å². The highest BCUT2D eigenvalue weighted by Gasteiger charge is 2.33. The Morgan fingerprint density at radius 1 is 1.42 bits per heavy atom. The van der Waals surface area contributed by atoms with Crippen LogP contribution in [0, 0.1) is 0 Å². The van der Waals surface area contributed by atoms with Crippen LogP contribution in [0.1, 0.15) is 19.4 Å². The number of hydrogen-bond donors (Lipinski definition) is 1. The van der Waals surface area contributed by atoms with Crippen LogP contribution in [0.25, 0.3) is 0 Å². The number of ether oxygens (including phenoxy) is 2. The van der Waals surface area contributed by atoms with E-state index < -0.39 is 11.6 Å². The predicted molar refractivity (Wildman–Crippen MR) is 81.3 cm³/mol. The van der Waals surface area contributed by atoms with Crippen molar-refractivity contribution in [2.45, 2.75) is 19.4 Å². The van der Waals surface area contributed by atoms with Gasteiger partial charge in [0.05, 0.1) is 19.3 Å². The maximum absolute atomic E-state index is 11.8. The molecule has 1 aromatic rings. The van der Waals surface area contributed by atoms with Crippen LogP contribution in [-0.2, 0) is 15.1 Å². The van der Waals surface area contributed by atoms with E-state index in [0.717, 1.165) is 0 Å². The van der Waals surface area contributed by atoms with Crippen molar-refractivity contribution in [2.75, 3.05) is 13.7 Å². The van der Waals surface area contributed by atoms with E-state index in [4.69, 9.17) is 9.47 Å². The fraction of sp³-hybridized carbons (Fsp3) is 0.357. The Balaban J connectivity index is 3.09. The van der Waals surface area contributed by atoms with E-state index in [1.165, 1.54) is 0 Å². The van der Waals surface area contributed by atoms with Crippen LogP contribution in [0.5, 0.6) is 5.75 Å². The molecule has 104 valence electrons. The summed E-state index contributed by atoms with van der Waals surface area (Å²) in [6.07, 6.45) is 0. The molecule has 0 aliphatic carbocycles. The summed E-state index contributed by atoms with van der Waals surface area (Å²) in [5.41, 5.74) is -0.593. The minimum absolute atomic E-state index is 0.208. The molecule has 0 bridgehead atoms. The fourth-order valence-corrected chi connectivity index (χ4v) is 2.49. The molecule has 0 saturated heterocycles. The molecule has 0 saturated carbocycles. The van der Waals surface area contributed by atoms with Crippen LogP contribution in [0.4, 0.5) is 0 Å². The lowest BCUT2D eigenvalue weighted by Gasteiger charge is -2.25. The average molecular weight is 376 g/mol. The van der Waals surface area contributed by atoms with Gasteiger partial charge in [0.2, 0.25) is 0 Å². The summed E-state index contributed by atoms with van der Waals surface area (Å²) >= 11 is 1.92. The molecular weight excluding hydrogens is 359 g/mol. The predicted octanol–water partition coefficient (Wildman–Crippen LogP) is 2.78. The second-order valence-corrected chi connectivity index (χ2v) is 4.67. The van der Waals surface area contributed by atoms with Gasteiger partial charge in [0.25, 0.3) is 0 Å². The minimum atomic E-state index is -1.40. The molecule has 0 heterocycles. The van der Waals surface area contributed by atoms with Crippen molar-refractivity contribution in [2.24, 2.45) is 0 Å². The maximum atomic E-state index is 11.8. The van der Waals surface area contributed by atoms with Crippen LogP contribution in [0.3, 0.4) is 0 Å². The van der Waals surface area contributed by atoms with E-state index in [2.05, 4.69) is 0 Å². The third-order valence-electron chi connectivity index (χ3n) is 2.78. The van der Waals surface area contributed by atoms with Gasteiger partial charge in [-0.05, 0) is 35.6 Å². The van der Waals surface area contributed by atoms with E-state index in [-0.39, 0.29) is 12.2 Å². The summed E-state index contributed by atoms with van der Waals surface area (Å²) in [6.45, 7) is 3.56. The van der Waals surface area contributed by atoms with Gasteiger partial charge >= 0.3 is 5.97 Å². The Kier molecular flexibility index (Phi) is 5.81. The van der Waals surface area contributed by atoms with Crippen LogP contribution < -0.4 is 4.74 Å². The highest BCUT2D eigenvalue weighted by atomic mass is 127.